The van der Waals surface area contributed by atoms with Gasteiger partial charge in [-0.25, -0.2) is 14.0 Å². The minimum atomic E-state index is -5.10. The molecule has 1 unspecified atom stereocenters. The number of methoxy groups -OCH3 is 1. The highest BCUT2D eigenvalue weighted by molar-refractivity contribution is 5.81. The van der Waals surface area contributed by atoms with E-state index in [-0.39, 0.29) is 37.2 Å². The van der Waals surface area contributed by atoms with Crippen molar-refractivity contribution < 1.29 is 54.9 Å². The maximum atomic E-state index is 14.8. The Kier molecular flexibility index (Phi) is 8.63. The zero-order valence-electron chi connectivity index (χ0n) is 23.5. The molecule has 2 heterocycles. The van der Waals surface area contributed by atoms with Crippen molar-refractivity contribution in [1.82, 2.24) is 9.80 Å². The van der Waals surface area contributed by atoms with Gasteiger partial charge in [0, 0.05) is 24.7 Å². The van der Waals surface area contributed by atoms with Gasteiger partial charge >= 0.3 is 24.5 Å². The van der Waals surface area contributed by atoms with Crippen LogP contribution >= 0.6 is 0 Å². The van der Waals surface area contributed by atoms with Gasteiger partial charge in [0.2, 0.25) is 0 Å². The summed E-state index contributed by atoms with van der Waals surface area (Å²) in [5.74, 6) is -0.659. The fourth-order valence-electron chi connectivity index (χ4n) is 5.46. The molecule has 7 nitrogen and oxygen atoms in total. The Hall–Kier alpha value is -3.97. The van der Waals surface area contributed by atoms with Gasteiger partial charge in [0.25, 0.3) is 0 Å². The monoisotopic (exact) mass is 618 g/mol. The molecule has 2 amide bonds. The molecule has 14 heteroatoms. The number of nitrogens with zero attached hydrogens (tertiary/aromatic N) is 2. The summed E-state index contributed by atoms with van der Waals surface area (Å²) in [5, 5.41) is 10.00. The lowest BCUT2D eigenvalue weighted by atomic mass is 9.88. The van der Waals surface area contributed by atoms with E-state index in [1.165, 1.54) is 20.1 Å². The van der Waals surface area contributed by atoms with Gasteiger partial charge in [-0.05, 0) is 60.2 Å². The topological polar surface area (TPSA) is 79.3 Å². The van der Waals surface area contributed by atoms with Crippen LogP contribution in [0.15, 0.2) is 36.4 Å². The minimum absolute atomic E-state index is 0.0198. The number of benzene rings is 2. The van der Waals surface area contributed by atoms with E-state index in [1.807, 2.05) is 0 Å². The Bertz CT molecular complexity index is 1410. The van der Waals surface area contributed by atoms with E-state index >= 15 is 0 Å². The summed E-state index contributed by atoms with van der Waals surface area (Å²) in [6.45, 7) is 4.61. The van der Waals surface area contributed by atoms with Gasteiger partial charge in [0.15, 0.2) is 0 Å². The highest BCUT2D eigenvalue weighted by atomic mass is 19.4. The number of hydrogen-bond acceptors (Lipinski definition) is 4. The fraction of sp³-hybridized carbons (Fsp3) is 0.448. The van der Waals surface area contributed by atoms with E-state index in [2.05, 4.69) is 0 Å². The molecule has 0 aliphatic carbocycles. The van der Waals surface area contributed by atoms with Gasteiger partial charge in [0.05, 0.1) is 30.3 Å². The van der Waals surface area contributed by atoms with Crippen molar-refractivity contribution in [2.24, 2.45) is 0 Å². The lowest BCUT2D eigenvalue weighted by Gasteiger charge is -2.38. The first kappa shape index (κ1) is 32.0. The van der Waals surface area contributed by atoms with Crippen LogP contribution in [0.1, 0.15) is 67.0 Å². The van der Waals surface area contributed by atoms with Crippen molar-refractivity contribution in [3.8, 4) is 5.75 Å². The standard InChI is InChI=1S/C29H29F7N2O5/c1-14(2)20-11-21(24(42-4)12-22(20)30)19-6-5-7-37(26(39)40)23(19)13-38-15(3)25(43-27(38)41)16-8-17(28(31,32)33)10-18(9-16)29(34,35)36/h6,8-12,14-15,23,25H,5,7,13H2,1-4H3,(H,39,40)/t15-,23?,25-/m0/s1. The Morgan fingerprint density at radius 3 is 2.19 bits per heavy atom. The quantitative estimate of drug-likeness (QED) is 0.336. The molecular weight excluding hydrogens is 589 g/mol. The lowest BCUT2D eigenvalue weighted by molar-refractivity contribution is -0.143. The molecule has 0 radical (unpaired) electrons. The van der Waals surface area contributed by atoms with Crippen molar-refractivity contribution in [2.75, 3.05) is 20.2 Å². The number of carbonyl (C=O) groups excluding carboxylic acids is 1. The lowest BCUT2D eigenvalue weighted by Crippen LogP contribution is -2.50. The smallest absolute Gasteiger partial charge is 0.416 e. The van der Waals surface area contributed by atoms with Crippen molar-refractivity contribution in [3.05, 3.63) is 70.0 Å². The molecule has 4 rings (SSSR count). The van der Waals surface area contributed by atoms with Gasteiger partial charge in [0.1, 0.15) is 17.7 Å². The Labute approximate surface area is 242 Å². The molecule has 1 fully saturated rings. The van der Waals surface area contributed by atoms with Crippen LogP contribution in [0.4, 0.5) is 40.3 Å². The number of alkyl halides is 6. The molecule has 234 valence electrons. The molecule has 2 aromatic carbocycles. The van der Waals surface area contributed by atoms with Crippen LogP contribution in [0.2, 0.25) is 0 Å². The van der Waals surface area contributed by atoms with Crippen molar-refractivity contribution in [2.45, 2.75) is 63.7 Å². The van der Waals surface area contributed by atoms with E-state index in [0.717, 1.165) is 9.80 Å². The normalized spacial score (nSPS) is 21.3. The molecular formula is C29H29F7N2O5. The number of amides is 2. The van der Waals surface area contributed by atoms with Crippen LogP contribution < -0.4 is 4.74 Å². The molecule has 2 aliphatic rings. The molecule has 0 bridgehead atoms. The third kappa shape index (κ3) is 6.37. The Balaban J connectivity index is 1.75. The highest BCUT2D eigenvalue weighted by Crippen LogP contribution is 2.42. The van der Waals surface area contributed by atoms with E-state index in [9.17, 15) is 45.4 Å². The maximum absolute atomic E-state index is 14.8. The Morgan fingerprint density at radius 1 is 1.07 bits per heavy atom. The molecule has 0 saturated carbocycles. The van der Waals surface area contributed by atoms with E-state index in [0.29, 0.717) is 28.8 Å². The van der Waals surface area contributed by atoms with E-state index in [4.69, 9.17) is 9.47 Å². The SMILES string of the molecule is COc1cc(F)c(C(C)C)cc1C1=CCCN(C(=O)O)C1CN1C(=O)O[C@H](c2cc(C(F)(F)F)cc(C(F)(F)F)c2)[C@@H]1C. The number of carbonyl (C=O) groups is 2. The number of halogens is 7. The molecule has 0 spiro atoms. The molecule has 0 aromatic heterocycles. The number of hydrogen-bond donors (Lipinski definition) is 1. The van der Waals surface area contributed by atoms with Gasteiger partial charge in [-0.1, -0.05) is 19.9 Å². The summed E-state index contributed by atoms with van der Waals surface area (Å²) >= 11 is 0. The third-order valence-electron chi connectivity index (χ3n) is 7.67. The number of cyclic esters (lactones) is 1. The summed E-state index contributed by atoms with van der Waals surface area (Å²) < 4.78 is 106. The van der Waals surface area contributed by atoms with E-state index in [1.54, 1.807) is 26.0 Å². The summed E-state index contributed by atoms with van der Waals surface area (Å²) in [7, 11) is 1.31. The van der Waals surface area contributed by atoms with Crippen molar-refractivity contribution in [3.63, 3.8) is 0 Å². The second-order valence-electron chi connectivity index (χ2n) is 10.7. The molecule has 1 saturated heterocycles. The summed E-state index contributed by atoms with van der Waals surface area (Å²) in [5.41, 5.74) is -2.51. The van der Waals surface area contributed by atoms with Crippen LogP contribution in [-0.2, 0) is 17.1 Å². The predicted molar refractivity (Wildman–Crippen MR) is 140 cm³/mol. The van der Waals surface area contributed by atoms with Crippen molar-refractivity contribution in [1.29, 1.82) is 0 Å². The summed E-state index contributed by atoms with van der Waals surface area (Å²) in [6, 6.07) is 1.56. The van der Waals surface area contributed by atoms with Gasteiger partial charge < -0.3 is 14.6 Å². The second-order valence-corrected chi connectivity index (χ2v) is 10.7. The molecule has 2 aliphatic heterocycles. The molecule has 2 aromatic rings. The first-order valence-electron chi connectivity index (χ1n) is 13.3. The zero-order valence-corrected chi connectivity index (χ0v) is 23.5. The zero-order chi connectivity index (χ0) is 32.0. The van der Waals surface area contributed by atoms with Crippen LogP contribution in [0.5, 0.6) is 5.75 Å². The van der Waals surface area contributed by atoms with Crippen LogP contribution in [0.25, 0.3) is 5.57 Å². The second kappa shape index (κ2) is 11.6. The highest BCUT2D eigenvalue weighted by Gasteiger charge is 2.45. The molecule has 43 heavy (non-hydrogen) atoms. The van der Waals surface area contributed by atoms with Crippen LogP contribution in [0, 0.1) is 5.82 Å². The van der Waals surface area contributed by atoms with Crippen molar-refractivity contribution >= 4 is 17.8 Å². The average Bonchev–Trinajstić information content (AvgIpc) is 3.20. The van der Waals surface area contributed by atoms with Gasteiger partial charge in [-0.2, -0.15) is 26.3 Å². The maximum Gasteiger partial charge on any atom is 0.416 e. The fourth-order valence-corrected chi connectivity index (χ4v) is 5.46. The molecule has 1 N–H and O–H groups in total. The first-order chi connectivity index (χ1) is 19.9. The predicted octanol–water partition coefficient (Wildman–Crippen LogP) is 7.71. The average molecular weight is 619 g/mol. The first-order valence-corrected chi connectivity index (χ1v) is 13.3. The van der Waals surface area contributed by atoms with Gasteiger partial charge in [-0.3, -0.25) is 9.80 Å². The molecule has 3 atom stereocenters. The number of ether oxygens (including phenoxy) is 2. The number of rotatable bonds is 6. The largest absolute Gasteiger partial charge is 0.496 e. The Morgan fingerprint density at radius 2 is 1.67 bits per heavy atom. The third-order valence-corrected chi connectivity index (χ3v) is 7.67. The number of carboxylic acid groups (broad SMARTS) is 1. The summed E-state index contributed by atoms with van der Waals surface area (Å²) in [4.78, 5) is 27.4. The van der Waals surface area contributed by atoms with E-state index < -0.39 is 65.2 Å². The summed E-state index contributed by atoms with van der Waals surface area (Å²) in [6.07, 6.45) is -12.1. The van der Waals surface area contributed by atoms with Crippen LogP contribution in [0.3, 0.4) is 0 Å². The minimum Gasteiger partial charge on any atom is -0.496 e. The van der Waals surface area contributed by atoms with Gasteiger partial charge in [-0.15, -0.1) is 0 Å². The van der Waals surface area contributed by atoms with Crippen LogP contribution in [-0.4, -0.2) is 59.4 Å².